The standard InChI is InChI=1S/C11H10FN3S/c12-7-2-3-8-9(6-7)16-11(13)15-5-1-4-14-10(8)15/h2-3,6,13H,1,4-5H2. The van der Waals surface area contributed by atoms with E-state index in [2.05, 4.69) is 4.99 Å². The third-order valence-corrected chi connectivity index (χ3v) is 3.66. The number of hydrogen-bond acceptors (Lipinski definition) is 3. The van der Waals surface area contributed by atoms with Crippen LogP contribution in [0.4, 0.5) is 4.39 Å². The van der Waals surface area contributed by atoms with Gasteiger partial charge in [0.1, 0.15) is 11.7 Å². The maximum atomic E-state index is 13.1. The van der Waals surface area contributed by atoms with Gasteiger partial charge in [0.2, 0.25) is 0 Å². The van der Waals surface area contributed by atoms with Crippen molar-refractivity contribution < 1.29 is 4.39 Å². The minimum atomic E-state index is -0.260. The van der Waals surface area contributed by atoms with Crippen LogP contribution in [0.1, 0.15) is 12.0 Å². The van der Waals surface area contributed by atoms with Crippen LogP contribution in [0.2, 0.25) is 0 Å². The van der Waals surface area contributed by atoms with Crippen LogP contribution in [0.3, 0.4) is 0 Å². The Labute approximate surface area is 96.9 Å². The smallest absolute Gasteiger partial charge is 0.166 e. The molecule has 0 radical (unpaired) electrons. The van der Waals surface area contributed by atoms with Gasteiger partial charge in [0.25, 0.3) is 0 Å². The summed E-state index contributed by atoms with van der Waals surface area (Å²) in [5.74, 6) is 0.564. The van der Waals surface area contributed by atoms with Crippen LogP contribution in [0, 0.1) is 11.2 Å². The van der Waals surface area contributed by atoms with Crippen molar-refractivity contribution in [2.24, 2.45) is 4.99 Å². The summed E-state index contributed by atoms with van der Waals surface area (Å²) in [7, 11) is 0. The van der Waals surface area contributed by atoms with Gasteiger partial charge in [0, 0.05) is 23.5 Å². The highest BCUT2D eigenvalue weighted by molar-refractivity contribution is 8.14. The molecule has 0 amide bonds. The van der Waals surface area contributed by atoms with E-state index in [0.29, 0.717) is 5.17 Å². The van der Waals surface area contributed by atoms with Crippen LogP contribution in [-0.4, -0.2) is 29.0 Å². The zero-order valence-electron chi connectivity index (χ0n) is 8.53. The molecule has 1 aromatic rings. The van der Waals surface area contributed by atoms with E-state index in [1.165, 1.54) is 23.9 Å². The molecular formula is C11H10FN3S. The van der Waals surface area contributed by atoms with Crippen molar-refractivity contribution in [3.8, 4) is 0 Å². The first-order valence-electron chi connectivity index (χ1n) is 5.14. The largest absolute Gasteiger partial charge is 0.305 e. The minimum Gasteiger partial charge on any atom is -0.305 e. The van der Waals surface area contributed by atoms with Crippen molar-refractivity contribution in [2.75, 3.05) is 13.1 Å². The number of fused-ring (bicyclic) bond motifs is 3. The van der Waals surface area contributed by atoms with Crippen molar-refractivity contribution in [1.82, 2.24) is 4.90 Å². The number of nitrogens with zero attached hydrogens (tertiary/aromatic N) is 2. The molecule has 0 saturated heterocycles. The molecule has 2 aliphatic rings. The molecule has 1 N–H and O–H groups in total. The fourth-order valence-corrected chi connectivity index (χ4v) is 2.89. The molecule has 3 rings (SSSR count). The van der Waals surface area contributed by atoms with E-state index in [1.807, 2.05) is 4.90 Å². The molecule has 2 heterocycles. The van der Waals surface area contributed by atoms with Gasteiger partial charge in [0.05, 0.1) is 0 Å². The van der Waals surface area contributed by atoms with Crippen LogP contribution in [-0.2, 0) is 0 Å². The molecule has 0 aliphatic carbocycles. The number of benzene rings is 1. The van der Waals surface area contributed by atoms with Gasteiger partial charge in [-0.25, -0.2) is 4.39 Å². The lowest BCUT2D eigenvalue weighted by Gasteiger charge is -2.33. The molecule has 0 aromatic heterocycles. The molecule has 3 nitrogen and oxygen atoms in total. The van der Waals surface area contributed by atoms with Crippen molar-refractivity contribution in [1.29, 1.82) is 5.41 Å². The monoisotopic (exact) mass is 235 g/mol. The normalized spacial score (nSPS) is 18.9. The summed E-state index contributed by atoms with van der Waals surface area (Å²) in [6.45, 7) is 1.63. The molecule has 16 heavy (non-hydrogen) atoms. The van der Waals surface area contributed by atoms with Crippen LogP contribution >= 0.6 is 11.8 Å². The van der Waals surface area contributed by atoms with Gasteiger partial charge < -0.3 is 4.90 Å². The zero-order chi connectivity index (χ0) is 11.1. The Morgan fingerprint density at radius 2 is 2.31 bits per heavy atom. The molecule has 0 atom stereocenters. The lowest BCUT2D eigenvalue weighted by molar-refractivity contribution is 0.551. The van der Waals surface area contributed by atoms with Crippen LogP contribution in [0.15, 0.2) is 28.1 Å². The summed E-state index contributed by atoms with van der Waals surface area (Å²) in [4.78, 5) is 7.13. The second kappa shape index (κ2) is 3.59. The molecule has 0 saturated carbocycles. The predicted octanol–water partition coefficient (Wildman–Crippen LogP) is 2.32. The second-order valence-electron chi connectivity index (χ2n) is 3.76. The molecular weight excluding hydrogens is 225 g/mol. The average molecular weight is 235 g/mol. The summed E-state index contributed by atoms with van der Waals surface area (Å²) in [6.07, 6.45) is 0.975. The summed E-state index contributed by atoms with van der Waals surface area (Å²) < 4.78 is 13.1. The van der Waals surface area contributed by atoms with E-state index >= 15 is 0 Å². The highest BCUT2D eigenvalue weighted by atomic mass is 32.2. The van der Waals surface area contributed by atoms with Crippen molar-refractivity contribution in [3.63, 3.8) is 0 Å². The SMILES string of the molecule is N=C1Sc2cc(F)ccc2C2=NCCCN12. The first-order chi connectivity index (χ1) is 7.75. The Morgan fingerprint density at radius 3 is 3.19 bits per heavy atom. The van der Waals surface area contributed by atoms with E-state index in [-0.39, 0.29) is 5.82 Å². The van der Waals surface area contributed by atoms with Crippen molar-refractivity contribution in [3.05, 3.63) is 29.6 Å². The van der Waals surface area contributed by atoms with Gasteiger partial charge in [-0.1, -0.05) is 11.8 Å². The van der Waals surface area contributed by atoms with Gasteiger partial charge in [-0.05, 0) is 24.6 Å². The van der Waals surface area contributed by atoms with Crippen LogP contribution < -0.4 is 0 Å². The summed E-state index contributed by atoms with van der Waals surface area (Å²) in [6, 6.07) is 4.67. The Balaban J connectivity index is 2.16. The first-order valence-corrected chi connectivity index (χ1v) is 5.96. The third kappa shape index (κ3) is 1.43. The number of rotatable bonds is 0. The average Bonchev–Trinajstić information content (AvgIpc) is 2.29. The van der Waals surface area contributed by atoms with Gasteiger partial charge in [-0.3, -0.25) is 10.4 Å². The minimum absolute atomic E-state index is 0.260. The number of aliphatic imine (C=N–C) groups is 1. The van der Waals surface area contributed by atoms with Crippen LogP contribution in [0.25, 0.3) is 0 Å². The highest BCUT2D eigenvalue weighted by Crippen LogP contribution is 2.33. The molecule has 5 heteroatoms. The fraction of sp³-hybridized carbons (Fsp3) is 0.273. The second-order valence-corrected chi connectivity index (χ2v) is 4.79. The molecule has 0 fully saturated rings. The van der Waals surface area contributed by atoms with Gasteiger partial charge in [-0.2, -0.15) is 0 Å². The molecule has 0 unspecified atom stereocenters. The molecule has 2 aliphatic heterocycles. The quantitative estimate of drug-likeness (QED) is 0.749. The van der Waals surface area contributed by atoms with Crippen LogP contribution in [0.5, 0.6) is 0 Å². The van der Waals surface area contributed by atoms with E-state index in [0.717, 1.165) is 35.8 Å². The van der Waals surface area contributed by atoms with E-state index in [1.54, 1.807) is 6.07 Å². The van der Waals surface area contributed by atoms with E-state index in [9.17, 15) is 4.39 Å². The molecule has 0 bridgehead atoms. The fourth-order valence-electron chi connectivity index (χ4n) is 1.96. The first kappa shape index (κ1) is 9.84. The lowest BCUT2D eigenvalue weighted by Crippen LogP contribution is -2.42. The Morgan fingerprint density at radius 1 is 1.44 bits per heavy atom. The van der Waals surface area contributed by atoms with Gasteiger partial charge >= 0.3 is 0 Å². The zero-order valence-corrected chi connectivity index (χ0v) is 9.35. The maximum absolute atomic E-state index is 13.1. The summed E-state index contributed by atoms with van der Waals surface area (Å²) in [5, 5.41) is 8.34. The van der Waals surface area contributed by atoms with Gasteiger partial charge in [-0.15, -0.1) is 0 Å². The number of thioether (sulfide) groups is 1. The number of amidine groups is 2. The van der Waals surface area contributed by atoms with Crippen molar-refractivity contribution >= 4 is 22.8 Å². The summed E-state index contributed by atoms with van der Waals surface area (Å²) >= 11 is 1.30. The topological polar surface area (TPSA) is 39.5 Å². The van der Waals surface area contributed by atoms with Gasteiger partial charge in [0.15, 0.2) is 5.17 Å². The Bertz CT molecular complexity index is 498. The maximum Gasteiger partial charge on any atom is 0.166 e. The number of nitrogens with one attached hydrogen (secondary N) is 1. The van der Waals surface area contributed by atoms with Crippen molar-refractivity contribution in [2.45, 2.75) is 11.3 Å². The summed E-state index contributed by atoms with van der Waals surface area (Å²) in [5.41, 5.74) is 0.946. The Kier molecular flexibility index (Phi) is 2.21. The predicted molar refractivity (Wildman–Crippen MR) is 62.7 cm³/mol. The molecule has 0 spiro atoms. The number of halogens is 1. The molecule has 82 valence electrons. The molecule has 1 aromatic carbocycles. The Hall–Kier alpha value is -1.36. The highest BCUT2D eigenvalue weighted by Gasteiger charge is 2.29. The number of hydrogen-bond donors (Lipinski definition) is 1. The lowest BCUT2D eigenvalue weighted by atomic mass is 10.1. The van der Waals surface area contributed by atoms with E-state index in [4.69, 9.17) is 5.41 Å². The van der Waals surface area contributed by atoms with E-state index < -0.39 is 0 Å². The third-order valence-electron chi connectivity index (χ3n) is 2.69.